The summed E-state index contributed by atoms with van der Waals surface area (Å²) in [7, 11) is 0. The molecule has 0 aromatic carbocycles. The Kier molecular flexibility index (Phi) is 5.47. The molecule has 1 rings (SSSR count). The molecular formula is C12H17F3N2S. The second kappa shape index (κ2) is 6.43. The molecule has 1 heterocycles. The van der Waals surface area contributed by atoms with Crippen LogP contribution < -0.4 is 5.73 Å². The van der Waals surface area contributed by atoms with Crippen molar-refractivity contribution in [2.75, 3.05) is 11.5 Å². The fourth-order valence-corrected chi connectivity index (χ4v) is 2.52. The lowest BCUT2D eigenvalue weighted by Gasteiger charge is -2.17. The van der Waals surface area contributed by atoms with E-state index in [-0.39, 0.29) is 5.56 Å². The van der Waals surface area contributed by atoms with E-state index in [9.17, 15) is 13.2 Å². The second-order valence-corrected chi connectivity index (χ2v) is 5.57. The first-order chi connectivity index (χ1) is 8.32. The smallest absolute Gasteiger partial charge is 0.323 e. The SMILES string of the molecule is CC(C)CSCC(N)c1cnccc1C(F)(F)F. The third-order valence-corrected chi connectivity index (χ3v) is 3.80. The van der Waals surface area contributed by atoms with Gasteiger partial charge in [-0.3, -0.25) is 4.98 Å². The maximum absolute atomic E-state index is 12.8. The Bertz CT molecular complexity index is 380. The molecule has 2 N–H and O–H groups in total. The van der Waals surface area contributed by atoms with Gasteiger partial charge >= 0.3 is 6.18 Å². The third kappa shape index (κ3) is 4.49. The highest BCUT2D eigenvalue weighted by molar-refractivity contribution is 7.99. The minimum Gasteiger partial charge on any atom is -0.323 e. The summed E-state index contributed by atoms with van der Waals surface area (Å²) < 4.78 is 38.3. The van der Waals surface area contributed by atoms with E-state index in [4.69, 9.17) is 5.73 Å². The lowest BCUT2D eigenvalue weighted by atomic mass is 10.0. The van der Waals surface area contributed by atoms with Crippen LogP contribution in [0.15, 0.2) is 18.5 Å². The van der Waals surface area contributed by atoms with Gasteiger partial charge in [0.25, 0.3) is 0 Å². The molecule has 0 radical (unpaired) electrons. The van der Waals surface area contributed by atoms with Gasteiger partial charge in [0.05, 0.1) is 5.56 Å². The first kappa shape index (κ1) is 15.3. The highest BCUT2D eigenvalue weighted by Crippen LogP contribution is 2.34. The van der Waals surface area contributed by atoms with Crippen molar-refractivity contribution in [3.05, 3.63) is 29.6 Å². The molecule has 0 aliphatic rings. The molecule has 1 atom stereocenters. The van der Waals surface area contributed by atoms with Gasteiger partial charge in [0.2, 0.25) is 0 Å². The summed E-state index contributed by atoms with van der Waals surface area (Å²) in [4.78, 5) is 3.73. The van der Waals surface area contributed by atoms with E-state index in [1.807, 2.05) is 0 Å². The summed E-state index contributed by atoms with van der Waals surface area (Å²) in [6, 6.07) is 0.335. The fourth-order valence-electron chi connectivity index (χ4n) is 1.48. The summed E-state index contributed by atoms with van der Waals surface area (Å²) in [6.07, 6.45) is -2.03. The van der Waals surface area contributed by atoms with Crippen molar-refractivity contribution in [2.45, 2.75) is 26.1 Å². The second-order valence-electron chi connectivity index (χ2n) is 4.50. The first-order valence-corrected chi connectivity index (χ1v) is 6.82. The summed E-state index contributed by atoms with van der Waals surface area (Å²) in [6.45, 7) is 4.12. The van der Waals surface area contributed by atoms with Crippen LogP contribution in [0.25, 0.3) is 0 Å². The highest BCUT2D eigenvalue weighted by Gasteiger charge is 2.34. The van der Waals surface area contributed by atoms with Gasteiger partial charge in [-0.25, -0.2) is 0 Å². The van der Waals surface area contributed by atoms with Crippen molar-refractivity contribution in [2.24, 2.45) is 11.7 Å². The maximum atomic E-state index is 12.8. The fraction of sp³-hybridized carbons (Fsp3) is 0.583. The Morgan fingerprint density at radius 3 is 2.56 bits per heavy atom. The molecule has 0 fully saturated rings. The van der Waals surface area contributed by atoms with Gasteiger partial charge in [-0.1, -0.05) is 13.8 Å². The molecule has 2 nitrogen and oxygen atoms in total. The zero-order valence-corrected chi connectivity index (χ0v) is 11.2. The van der Waals surface area contributed by atoms with Crippen molar-refractivity contribution < 1.29 is 13.2 Å². The van der Waals surface area contributed by atoms with Crippen LogP contribution in [0.1, 0.15) is 31.0 Å². The van der Waals surface area contributed by atoms with Crippen LogP contribution in [-0.4, -0.2) is 16.5 Å². The summed E-state index contributed by atoms with van der Waals surface area (Å²) in [5, 5.41) is 0. The van der Waals surface area contributed by atoms with Crippen molar-refractivity contribution >= 4 is 11.8 Å². The van der Waals surface area contributed by atoms with Crippen molar-refractivity contribution in [1.29, 1.82) is 0 Å². The number of aromatic nitrogens is 1. The van der Waals surface area contributed by atoms with Crippen LogP contribution in [0, 0.1) is 5.92 Å². The Balaban J connectivity index is 2.76. The van der Waals surface area contributed by atoms with Gasteiger partial charge in [0, 0.05) is 29.8 Å². The molecule has 1 aromatic heterocycles. The lowest BCUT2D eigenvalue weighted by molar-refractivity contribution is -0.138. The van der Waals surface area contributed by atoms with Gasteiger partial charge in [-0.15, -0.1) is 0 Å². The minimum atomic E-state index is -4.38. The molecule has 0 spiro atoms. The maximum Gasteiger partial charge on any atom is 0.416 e. The van der Waals surface area contributed by atoms with Crippen molar-refractivity contribution in [3.63, 3.8) is 0 Å². The average molecular weight is 278 g/mol. The van der Waals surface area contributed by atoms with E-state index in [2.05, 4.69) is 18.8 Å². The van der Waals surface area contributed by atoms with Crippen LogP contribution in [0.5, 0.6) is 0 Å². The topological polar surface area (TPSA) is 38.9 Å². The molecule has 0 aliphatic heterocycles. The molecule has 6 heteroatoms. The van der Waals surface area contributed by atoms with E-state index < -0.39 is 17.8 Å². The Hall–Kier alpha value is -0.750. The Labute approximate surface area is 109 Å². The van der Waals surface area contributed by atoms with Gasteiger partial charge in [0.1, 0.15) is 0 Å². The van der Waals surface area contributed by atoms with E-state index in [0.717, 1.165) is 18.0 Å². The number of halogens is 3. The number of hydrogen-bond acceptors (Lipinski definition) is 3. The molecule has 1 aromatic rings. The van der Waals surface area contributed by atoms with Crippen LogP contribution in [0.3, 0.4) is 0 Å². The lowest BCUT2D eigenvalue weighted by Crippen LogP contribution is -2.20. The zero-order chi connectivity index (χ0) is 13.8. The predicted molar refractivity (Wildman–Crippen MR) is 68.3 cm³/mol. The summed E-state index contributed by atoms with van der Waals surface area (Å²) >= 11 is 1.56. The minimum absolute atomic E-state index is 0.0706. The first-order valence-electron chi connectivity index (χ1n) is 5.66. The molecule has 1 unspecified atom stereocenters. The number of pyridine rings is 1. The molecule has 0 saturated carbocycles. The average Bonchev–Trinajstić information content (AvgIpc) is 2.27. The largest absolute Gasteiger partial charge is 0.416 e. The zero-order valence-electron chi connectivity index (χ0n) is 10.4. The normalized spacial score (nSPS) is 13.9. The number of rotatable bonds is 5. The predicted octanol–water partition coefficient (Wildman–Crippen LogP) is 3.49. The quantitative estimate of drug-likeness (QED) is 0.896. The molecule has 0 saturated heterocycles. The molecule has 102 valence electrons. The van der Waals surface area contributed by atoms with Gasteiger partial charge in [-0.05, 0) is 17.7 Å². The number of hydrogen-bond donors (Lipinski definition) is 1. The Morgan fingerprint density at radius 1 is 1.33 bits per heavy atom. The van der Waals surface area contributed by atoms with Crippen LogP contribution >= 0.6 is 11.8 Å². The highest BCUT2D eigenvalue weighted by atomic mass is 32.2. The van der Waals surface area contributed by atoms with E-state index in [1.54, 1.807) is 11.8 Å². The molecular weight excluding hydrogens is 261 g/mol. The number of alkyl halides is 3. The molecule has 18 heavy (non-hydrogen) atoms. The van der Waals surface area contributed by atoms with Gasteiger partial charge in [0.15, 0.2) is 0 Å². The van der Waals surface area contributed by atoms with E-state index in [0.29, 0.717) is 11.7 Å². The standard InChI is InChI=1S/C12H17F3N2S/c1-8(2)6-18-7-11(16)9-5-17-4-3-10(9)12(13,14)15/h3-5,8,11H,6-7,16H2,1-2H3. The third-order valence-electron chi connectivity index (χ3n) is 2.31. The summed E-state index contributed by atoms with van der Waals surface area (Å²) in [5.41, 5.74) is 5.20. The monoisotopic (exact) mass is 278 g/mol. The Morgan fingerprint density at radius 2 is 2.00 bits per heavy atom. The van der Waals surface area contributed by atoms with Crippen LogP contribution in [-0.2, 0) is 6.18 Å². The molecule has 0 aliphatic carbocycles. The molecule has 0 bridgehead atoms. The van der Waals surface area contributed by atoms with Crippen molar-refractivity contribution in [3.8, 4) is 0 Å². The van der Waals surface area contributed by atoms with Crippen LogP contribution in [0.2, 0.25) is 0 Å². The van der Waals surface area contributed by atoms with E-state index in [1.165, 1.54) is 6.20 Å². The molecule has 0 amide bonds. The van der Waals surface area contributed by atoms with Crippen LogP contribution in [0.4, 0.5) is 13.2 Å². The van der Waals surface area contributed by atoms with E-state index >= 15 is 0 Å². The summed E-state index contributed by atoms with van der Waals surface area (Å²) in [5.74, 6) is 1.85. The van der Waals surface area contributed by atoms with Gasteiger partial charge < -0.3 is 5.73 Å². The van der Waals surface area contributed by atoms with Gasteiger partial charge in [-0.2, -0.15) is 24.9 Å². The number of nitrogens with zero attached hydrogens (tertiary/aromatic N) is 1. The number of thioether (sulfide) groups is 1. The van der Waals surface area contributed by atoms with Crippen molar-refractivity contribution in [1.82, 2.24) is 4.98 Å². The number of nitrogens with two attached hydrogens (primary N) is 1.